The minimum absolute atomic E-state index is 0. The molecule has 0 aromatic carbocycles. The minimum atomic E-state index is -0.299. The van der Waals surface area contributed by atoms with Gasteiger partial charge in [0.15, 0.2) is 0 Å². The maximum absolute atomic E-state index is 11.4. The smallest absolute Gasteiger partial charge is 0.306 e. The van der Waals surface area contributed by atoms with Gasteiger partial charge < -0.3 is 15.0 Å². The summed E-state index contributed by atoms with van der Waals surface area (Å²) in [6, 6.07) is 0. The fourth-order valence-corrected chi connectivity index (χ4v) is 2.23. The van der Waals surface area contributed by atoms with Gasteiger partial charge in [0.2, 0.25) is 5.91 Å². The van der Waals surface area contributed by atoms with Gasteiger partial charge in [-0.05, 0) is 52.2 Å². The van der Waals surface area contributed by atoms with E-state index in [0.717, 1.165) is 19.4 Å². The Kier molecular flexibility index (Phi) is 11.5. The van der Waals surface area contributed by atoms with Gasteiger partial charge in [0.1, 0.15) is 0 Å². The van der Waals surface area contributed by atoms with Gasteiger partial charge in [-0.3, -0.25) is 9.59 Å². The lowest BCUT2D eigenvalue weighted by Crippen LogP contribution is -2.26. The number of carbonyl (C=O) groups excluding carboxylic acids is 2. The third-order valence-electron chi connectivity index (χ3n) is 3.28. The van der Waals surface area contributed by atoms with Gasteiger partial charge >= 0.3 is 5.97 Å². The summed E-state index contributed by atoms with van der Waals surface area (Å²) in [6.45, 7) is 6.43. The molecule has 1 fully saturated rings. The molecule has 20 heavy (non-hydrogen) atoms. The molecule has 0 saturated carbocycles. The number of nitrogens with zero attached hydrogens (tertiary/aromatic N) is 1. The van der Waals surface area contributed by atoms with Crippen LogP contribution in [0.25, 0.3) is 0 Å². The second kappa shape index (κ2) is 12.0. The third-order valence-corrected chi connectivity index (χ3v) is 3.28. The molecule has 1 amide bonds. The third kappa shape index (κ3) is 9.15. The van der Waals surface area contributed by atoms with E-state index in [2.05, 4.69) is 10.2 Å². The topological polar surface area (TPSA) is 58.6 Å². The molecule has 0 spiro atoms. The van der Waals surface area contributed by atoms with Crippen molar-refractivity contribution < 1.29 is 14.3 Å². The molecule has 1 heterocycles. The molecule has 1 rings (SSSR count). The summed E-state index contributed by atoms with van der Waals surface area (Å²) in [7, 11) is 0. The zero-order valence-electron chi connectivity index (χ0n) is 12.4. The van der Waals surface area contributed by atoms with Crippen molar-refractivity contribution in [1.29, 1.82) is 0 Å². The molecule has 118 valence electrons. The van der Waals surface area contributed by atoms with E-state index in [4.69, 9.17) is 4.74 Å². The standard InChI is InChI=1S/C14H26N2O3.ClH/c1-2-19-14(18)8-7-13(17)15-9-3-4-10-16-11-5-6-12-16;/h2-12H2,1H3,(H,15,17);1H. The number of nitrogens with one attached hydrogen (secondary N) is 1. The van der Waals surface area contributed by atoms with Crippen molar-refractivity contribution in [2.24, 2.45) is 0 Å². The van der Waals surface area contributed by atoms with Crippen LogP contribution in [0.4, 0.5) is 0 Å². The molecular formula is C14H27ClN2O3. The fraction of sp³-hybridized carbons (Fsp3) is 0.857. The molecule has 1 aliphatic heterocycles. The van der Waals surface area contributed by atoms with Crippen molar-refractivity contribution in [2.75, 3.05) is 32.8 Å². The van der Waals surface area contributed by atoms with Gasteiger partial charge in [0.25, 0.3) is 0 Å². The molecule has 5 nitrogen and oxygen atoms in total. The molecule has 1 aliphatic rings. The first-order valence-electron chi connectivity index (χ1n) is 7.37. The summed E-state index contributed by atoms with van der Waals surface area (Å²) in [6.07, 6.45) is 5.17. The highest BCUT2D eigenvalue weighted by atomic mass is 35.5. The lowest BCUT2D eigenvalue weighted by molar-refractivity contribution is -0.144. The van der Waals surface area contributed by atoms with E-state index in [0.29, 0.717) is 13.2 Å². The quantitative estimate of drug-likeness (QED) is 0.521. The second-order valence-corrected chi connectivity index (χ2v) is 4.91. The van der Waals surface area contributed by atoms with E-state index in [9.17, 15) is 9.59 Å². The molecule has 0 radical (unpaired) electrons. The van der Waals surface area contributed by atoms with Crippen molar-refractivity contribution >= 4 is 24.3 Å². The van der Waals surface area contributed by atoms with Crippen LogP contribution in [0.15, 0.2) is 0 Å². The first-order chi connectivity index (χ1) is 9.22. The Labute approximate surface area is 127 Å². The number of hydrogen-bond acceptors (Lipinski definition) is 4. The summed E-state index contributed by atoms with van der Waals surface area (Å²) < 4.78 is 4.77. The molecule has 6 heteroatoms. The monoisotopic (exact) mass is 306 g/mol. The van der Waals surface area contributed by atoms with Crippen LogP contribution in [0.1, 0.15) is 45.4 Å². The molecule has 1 saturated heterocycles. The van der Waals surface area contributed by atoms with Crippen molar-refractivity contribution in [2.45, 2.75) is 45.4 Å². The summed E-state index contributed by atoms with van der Waals surface area (Å²) in [5, 5.41) is 2.84. The van der Waals surface area contributed by atoms with E-state index >= 15 is 0 Å². The number of rotatable bonds is 9. The van der Waals surface area contributed by atoms with Gasteiger partial charge in [-0.1, -0.05) is 0 Å². The summed E-state index contributed by atoms with van der Waals surface area (Å²) in [5.74, 6) is -0.360. The Balaban J connectivity index is 0.00000361. The van der Waals surface area contributed by atoms with E-state index in [1.807, 2.05) is 0 Å². The molecule has 0 aliphatic carbocycles. The summed E-state index contributed by atoms with van der Waals surface area (Å²) >= 11 is 0. The molecule has 0 aromatic rings. The highest BCUT2D eigenvalue weighted by molar-refractivity contribution is 5.85. The first-order valence-corrected chi connectivity index (χ1v) is 7.37. The maximum Gasteiger partial charge on any atom is 0.306 e. The van der Waals surface area contributed by atoms with Crippen LogP contribution in [0.2, 0.25) is 0 Å². The summed E-state index contributed by atoms with van der Waals surface area (Å²) in [5.41, 5.74) is 0. The highest BCUT2D eigenvalue weighted by Gasteiger charge is 2.10. The lowest BCUT2D eigenvalue weighted by atomic mass is 10.2. The molecule has 0 unspecified atom stereocenters. The van der Waals surface area contributed by atoms with E-state index < -0.39 is 0 Å². The molecule has 0 aromatic heterocycles. The maximum atomic E-state index is 11.4. The average Bonchev–Trinajstić information content (AvgIpc) is 2.89. The van der Waals surface area contributed by atoms with Gasteiger partial charge in [-0.15, -0.1) is 12.4 Å². The van der Waals surface area contributed by atoms with Crippen molar-refractivity contribution in [1.82, 2.24) is 10.2 Å². The Bertz CT molecular complexity index is 282. The van der Waals surface area contributed by atoms with Crippen LogP contribution in [0, 0.1) is 0 Å². The predicted octanol–water partition coefficient (Wildman–Crippen LogP) is 1.74. The van der Waals surface area contributed by atoms with Crippen LogP contribution in [-0.2, 0) is 14.3 Å². The van der Waals surface area contributed by atoms with Crippen molar-refractivity contribution in [3.8, 4) is 0 Å². The van der Waals surface area contributed by atoms with Crippen LogP contribution in [0.5, 0.6) is 0 Å². The fourth-order valence-electron chi connectivity index (χ4n) is 2.23. The van der Waals surface area contributed by atoms with Crippen LogP contribution >= 0.6 is 12.4 Å². The Morgan fingerprint density at radius 2 is 1.85 bits per heavy atom. The van der Waals surface area contributed by atoms with Gasteiger partial charge in [0, 0.05) is 13.0 Å². The number of ether oxygens (including phenoxy) is 1. The zero-order valence-corrected chi connectivity index (χ0v) is 13.2. The van der Waals surface area contributed by atoms with Crippen molar-refractivity contribution in [3.63, 3.8) is 0 Å². The Morgan fingerprint density at radius 3 is 2.50 bits per heavy atom. The zero-order chi connectivity index (χ0) is 13.9. The number of halogens is 1. The van der Waals surface area contributed by atoms with Gasteiger partial charge in [-0.25, -0.2) is 0 Å². The normalized spacial score (nSPS) is 14.7. The Hall–Kier alpha value is -0.810. The average molecular weight is 307 g/mol. The second-order valence-electron chi connectivity index (χ2n) is 4.91. The number of amides is 1. The van der Waals surface area contributed by atoms with E-state index in [-0.39, 0.29) is 37.1 Å². The SMILES string of the molecule is CCOC(=O)CCC(=O)NCCCCN1CCCC1.Cl. The predicted molar refractivity (Wildman–Crippen MR) is 81.0 cm³/mol. The minimum Gasteiger partial charge on any atom is -0.466 e. The number of carbonyl (C=O) groups is 2. The van der Waals surface area contributed by atoms with Crippen LogP contribution in [-0.4, -0.2) is 49.6 Å². The van der Waals surface area contributed by atoms with Gasteiger partial charge in [-0.2, -0.15) is 0 Å². The lowest BCUT2D eigenvalue weighted by Gasteiger charge is -2.13. The van der Waals surface area contributed by atoms with Gasteiger partial charge in [0.05, 0.1) is 13.0 Å². The number of likely N-dealkylation sites (tertiary alicyclic amines) is 1. The summed E-state index contributed by atoms with van der Waals surface area (Å²) in [4.78, 5) is 25.0. The number of hydrogen-bond donors (Lipinski definition) is 1. The number of unbranched alkanes of at least 4 members (excludes halogenated alkanes) is 1. The van der Waals surface area contributed by atoms with Crippen LogP contribution < -0.4 is 5.32 Å². The van der Waals surface area contributed by atoms with Crippen LogP contribution in [0.3, 0.4) is 0 Å². The number of esters is 1. The molecule has 0 bridgehead atoms. The van der Waals surface area contributed by atoms with Crippen molar-refractivity contribution in [3.05, 3.63) is 0 Å². The largest absolute Gasteiger partial charge is 0.466 e. The van der Waals surface area contributed by atoms with E-state index in [1.54, 1.807) is 6.92 Å². The Morgan fingerprint density at radius 1 is 1.15 bits per heavy atom. The van der Waals surface area contributed by atoms with E-state index in [1.165, 1.54) is 25.9 Å². The molecule has 0 atom stereocenters. The highest BCUT2D eigenvalue weighted by Crippen LogP contribution is 2.07. The molecular weight excluding hydrogens is 280 g/mol. The first kappa shape index (κ1) is 19.2. The molecule has 1 N–H and O–H groups in total.